The summed E-state index contributed by atoms with van der Waals surface area (Å²) in [6.45, 7) is 0.959. The third-order valence-corrected chi connectivity index (χ3v) is 4.30. The summed E-state index contributed by atoms with van der Waals surface area (Å²) in [5.74, 6) is -1.48. The molecule has 2 fully saturated rings. The number of amides is 2. The molecular weight excluding hydrogens is 300 g/mol. The van der Waals surface area contributed by atoms with E-state index in [1.807, 2.05) is 0 Å². The van der Waals surface area contributed by atoms with Gasteiger partial charge in [-0.1, -0.05) is 0 Å². The van der Waals surface area contributed by atoms with Crippen molar-refractivity contribution in [3.05, 3.63) is 29.8 Å². The Balaban J connectivity index is 1.73. The van der Waals surface area contributed by atoms with Crippen LogP contribution >= 0.6 is 0 Å². The van der Waals surface area contributed by atoms with Crippen LogP contribution in [-0.2, 0) is 14.3 Å². The number of carboxylic acid groups (broad SMARTS) is 1. The Morgan fingerprint density at radius 3 is 2.52 bits per heavy atom. The van der Waals surface area contributed by atoms with Crippen molar-refractivity contribution in [3.63, 3.8) is 0 Å². The number of nitrogens with zero attached hydrogens (tertiary/aromatic N) is 1. The number of carbonyl (C=O) groups excluding carboxylic acids is 2. The van der Waals surface area contributed by atoms with Gasteiger partial charge in [-0.3, -0.25) is 9.59 Å². The minimum atomic E-state index is -1.36. The fraction of sp³-hybridized carbons (Fsp3) is 0.438. The van der Waals surface area contributed by atoms with E-state index in [-0.39, 0.29) is 18.9 Å². The first-order valence-electron chi connectivity index (χ1n) is 7.56. The molecule has 0 radical (unpaired) electrons. The lowest BCUT2D eigenvalue weighted by Crippen LogP contribution is -2.55. The average Bonchev–Trinajstić information content (AvgIpc) is 3.17. The van der Waals surface area contributed by atoms with Crippen molar-refractivity contribution >= 4 is 23.5 Å². The van der Waals surface area contributed by atoms with Crippen molar-refractivity contribution in [2.45, 2.75) is 24.8 Å². The number of rotatable bonds is 4. The second-order valence-corrected chi connectivity index (χ2v) is 5.84. The number of aliphatic carboxylic acids is 1. The van der Waals surface area contributed by atoms with Gasteiger partial charge in [0.15, 0.2) is 5.54 Å². The number of benzene rings is 1. The summed E-state index contributed by atoms with van der Waals surface area (Å²) >= 11 is 0. The molecule has 3 rings (SSSR count). The molecule has 7 nitrogen and oxygen atoms in total. The van der Waals surface area contributed by atoms with Gasteiger partial charge in [-0.05, 0) is 30.7 Å². The van der Waals surface area contributed by atoms with Crippen LogP contribution in [0, 0.1) is 0 Å². The first kappa shape index (κ1) is 15.5. The molecule has 122 valence electrons. The summed E-state index contributed by atoms with van der Waals surface area (Å²) in [7, 11) is 0. The van der Waals surface area contributed by atoms with Gasteiger partial charge in [0.2, 0.25) is 5.91 Å². The molecule has 1 atom stereocenters. The van der Waals surface area contributed by atoms with Crippen molar-refractivity contribution in [3.8, 4) is 0 Å². The molecule has 2 amide bonds. The van der Waals surface area contributed by atoms with E-state index in [1.165, 1.54) is 0 Å². The summed E-state index contributed by atoms with van der Waals surface area (Å²) in [5, 5.41) is 11.9. The predicted octanol–water partition coefficient (Wildman–Crippen LogP) is 0.787. The minimum Gasteiger partial charge on any atom is -0.479 e. The smallest absolute Gasteiger partial charge is 0.331 e. The molecule has 0 spiro atoms. The fourth-order valence-electron chi connectivity index (χ4n) is 2.89. The number of hydrogen-bond donors (Lipinski definition) is 2. The molecule has 1 aromatic rings. The van der Waals surface area contributed by atoms with E-state index >= 15 is 0 Å². The Kier molecular flexibility index (Phi) is 4.04. The molecule has 2 aliphatic heterocycles. The Morgan fingerprint density at radius 1 is 1.26 bits per heavy atom. The van der Waals surface area contributed by atoms with E-state index in [0.717, 1.165) is 12.1 Å². The van der Waals surface area contributed by atoms with Gasteiger partial charge in [0.05, 0.1) is 6.61 Å². The van der Waals surface area contributed by atoms with Crippen LogP contribution in [0.15, 0.2) is 24.3 Å². The van der Waals surface area contributed by atoms with Crippen LogP contribution in [0.25, 0.3) is 0 Å². The Bertz CT molecular complexity index is 634. The Morgan fingerprint density at radius 2 is 2.00 bits per heavy atom. The molecule has 23 heavy (non-hydrogen) atoms. The van der Waals surface area contributed by atoms with Crippen molar-refractivity contribution in [1.82, 2.24) is 5.32 Å². The summed E-state index contributed by atoms with van der Waals surface area (Å²) in [6.07, 6.45) is 1.63. The average molecular weight is 318 g/mol. The highest BCUT2D eigenvalue weighted by Crippen LogP contribution is 2.23. The van der Waals surface area contributed by atoms with Crippen molar-refractivity contribution in [1.29, 1.82) is 0 Å². The second-order valence-electron chi connectivity index (χ2n) is 5.84. The number of carboxylic acids is 1. The molecular formula is C16H18N2O5. The highest BCUT2D eigenvalue weighted by molar-refractivity contribution is 5.99. The zero-order valence-electron chi connectivity index (χ0n) is 12.6. The minimum absolute atomic E-state index is 0.0333. The van der Waals surface area contributed by atoms with E-state index in [9.17, 15) is 19.5 Å². The van der Waals surface area contributed by atoms with Gasteiger partial charge in [0.1, 0.15) is 0 Å². The molecule has 0 aromatic heterocycles. The molecule has 2 N–H and O–H groups in total. The van der Waals surface area contributed by atoms with Gasteiger partial charge >= 0.3 is 5.97 Å². The molecule has 7 heteroatoms. The molecule has 0 saturated carbocycles. The monoisotopic (exact) mass is 318 g/mol. The van der Waals surface area contributed by atoms with Gasteiger partial charge in [-0.2, -0.15) is 0 Å². The van der Waals surface area contributed by atoms with Gasteiger partial charge in [0.25, 0.3) is 5.91 Å². The van der Waals surface area contributed by atoms with Crippen molar-refractivity contribution in [2.75, 3.05) is 24.7 Å². The van der Waals surface area contributed by atoms with Crippen LogP contribution in [0.4, 0.5) is 5.69 Å². The van der Waals surface area contributed by atoms with Gasteiger partial charge in [-0.15, -0.1) is 0 Å². The summed E-state index contributed by atoms with van der Waals surface area (Å²) in [6, 6.07) is 6.61. The number of hydrogen-bond acceptors (Lipinski definition) is 4. The number of anilines is 1. The number of ether oxygens (including phenoxy) is 1. The molecule has 1 unspecified atom stereocenters. The zero-order chi connectivity index (χ0) is 16.4. The van der Waals surface area contributed by atoms with Crippen LogP contribution in [0.1, 0.15) is 29.6 Å². The van der Waals surface area contributed by atoms with Gasteiger partial charge < -0.3 is 20.1 Å². The van der Waals surface area contributed by atoms with E-state index in [2.05, 4.69) is 5.32 Å². The maximum absolute atomic E-state index is 12.3. The third-order valence-electron chi connectivity index (χ3n) is 4.30. The van der Waals surface area contributed by atoms with Crippen molar-refractivity contribution < 1.29 is 24.2 Å². The second kappa shape index (κ2) is 6.00. The van der Waals surface area contributed by atoms with Crippen LogP contribution in [-0.4, -0.2) is 48.2 Å². The van der Waals surface area contributed by atoms with Crippen LogP contribution in [0.3, 0.4) is 0 Å². The Labute approximate surface area is 133 Å². The maximum atomic E-state index is 12.3. The summed E-state index contributed by atoms with van der Waals surface area (Å²) in [5.41, 5.74) is -0.255. The molecule has 0 bridgehead atoms. The highest BCUT2D eigenvalue weighted by Gasteiger charge is 2.44. The highest BCUT2D eigenvalue weighted by atomic mass is 16.5. The number of carbonyl (C=O) groups is 3. The molecule has 2 saturated heterocycles. The number of nitrogens with one attached hydrogen (secondary N) is 1. The van der Waals surface area contributed by atoms with Crippen LogP contribution < -0.4 is 10.2 Å². The van der Waals surface area contributed by atoms with E-state index in [1.54, 1.807) is 29.2 Å². The van der Waals surface area contributed by atoms with Crippen molar-refractivity contribution in [2.24, 2.45) is 0 Å². The molecule has 0 aliphatic carbocycles. The lowest BCUT2D eigenvalue weighted by atomic mass is 9.98. The zero-order valence-corrected chi connectivity index (χ0v) is 12.6. The molecule has 2 heterocycles. The standard InChI is InChI=1S/C16H18N2O5/c19-13-2-1-8-18(13)12-5-3-11(4-6-12)14(20)17-16(15(21)22)7-9-23-10-16/h3-6H,1-2,7-10H2,(H,17,20)(H,21,22). The van der Waals surface area contributed by atoms with Crippen LogP contribution in [0.2, 0.25) is 0 Å². The first-order chi connectivity index (χ1) is 11.0. The summed E-state index contributed by atoms with van der Waals surface area (Å²) < 4.78 is 5.12. The van der Waals surface area contributed by atoms with E-state index in [4.69, 9.17) is 4.74 Å². The lowest BCUT2D eigenvalue weighted by molar-refractivity contribution is -0.144. The largest absolute Gasteiger partial charge is 0.479 e. The lowest BCUT2D eigenvalue weighted by Gasteiger charge is -2.24. The SMILES string of the molecule is O=C(NC1(C(=O)O)CCOC1)c1ccc(N2CCCC2=O)cc1. The van der Waals surface area contributed by atoms with E-state index < -0.39 is 17.4 Å². The van der Waals surface area contributed by atoms with E-state index in [0.29, 0.717) is 25.1 Å². The fourth-order valence-corrected chi connectivity index (χ4v) is 2.89. The summed E-state index contributed by atoms with van der Waals surface area (Å²) in [4.78, 5) is 37.1. The van der Waals surface area contributed by atoms with Gasteiger partial charge in [-0.25, -0.2) is 4.79 Å². The quantitative estimate of drug-likeness (QED) is 0.855. The topological polar surface area (TPSA) is 95.9 Å². The first-order valence-corrected chi connectivity index (χ1v) is 7.56. The Hall–Kier alpha value is -2.41. The predicted molar refractivity (Wildman–Crippen MR) is 81.3 cm³/mol. The molecule has 2 aliphatic rings. The van der Waals surface area contributed by atoms with Crippen LogP contribution in [0.5, 0.6) is 0 Å². The third kappa shape index (κ3) is 2.92. The maximum Gasteiger partial charge on any atom is 0.331 e. The molecule has 1 aromatic carbocycles. The normalized spacial score (nSPS) is 24.0. The van der Waals surface area contributed by atoms with Gasteiger partial charge in [0, 0.05) is 37.2 Å².